The van der Waals surface area contributed by atoms with Crippen molar-refractivity contribution >= 4 is 17.3 Å². The third kappa shape index (κ3) is 3.17. The van der Waals surface area contributed by atoms with E-state index in [1.54, 1.807) is 6.07 Å². The number of benzene rings is 1. The van der Waals surface area contributed by atoms with Gasteiger partial charge in [-0.3, -0.25) is 0 Å². The molecular formula is C13H14ClN3. The van der Waals surface area contributed by atoms with Crippen LogP contribution in [-0.2, 0) is 6.54 Å². The molecule has 0 radical (unpaired) electrons. The molecule has 0 fully saturated rings. The maximum Gasteiger partial charge on any atom is 0.151 e. The Labute approximate surface area is 106 Å². The van der Waals surface area contributed by atoms with Crippen molar-refractivity contribution in [2.45, 2.75) is 13.5 Å². The summed E-state index contributed by atoms with van der Waals surface area (Å²) in [5.41, 5.74) is 3.32. The lowest BCUT2D eigenvalue weighted by Gasteiger charge is -2.18. The van der Waals surface area contributed by atoms with Gasteiger partial charge >= 0.3 is 0 Å². The summed E-state index contributed by atoms with van der Waals surface area (Å²) >= 11 is 5.70. The first-order valence-corrected chi connectivity index (χ1v) is 5.79. The average Bonchev–Trinajstić information content (AvgIpc) is 2.33. The molecule has 0 amide bonds. The van der Waals surface area contributed by atoms with E-state index in [-0.39, 0.29) is 0 Å². The molecule has 0 saturated heterocycles. The van der Waals surface area contributed by atoms with Crippen molar-refractivity contribution in [3.05, 3.63) is 52.8 Å². The van der Waals surface area contributed by atoms with Crippen LogP contribution in [0.15, 0.2) is 36.4 Å². The number of nitrogens with zero attached hydrogens (tertiary/aromatic N) is 3. The number of halogens is 1. The van der Waals surface area contributed by atoms with E-state index in [2.05, 4.69) is 46.3 Å². The Morgan fingerprint density at radius 1 is 1.06 bits per heavy atom. The molecule has 1 aromatic heterocycles. The molecule has 0 atom stereocenters. The van der Waals surface area contributed by atoms with Crippen molar-refractivity contribution in [2.24, 2.45) is 0 Å². The minimum atomic E-state index is 0.423. The Balaban J connectivity index is 2.08. The molecular weight excluding hydrogens is 234 g/mol. The quantitative estimate of drug-likeness (QED) is 0.835. The number of aryl methyl sites for hydroxylation is 1. The van der Waals surface area contributed by atoms with E-state index >= 15 is 0 Å². The topological polar surface area (TPSA) is 29.0 Å². The second kappa shape index (κ2) is 5.15. The van der Waals surface area contributed by atoms with E-state index < -0.39 is 0 Å². The molecule has 1 heterocycles. The Morgan fingerprint density at radius 2 is 1.76 bits per heavy atom. The van der Waals surface area contributed by atoms with Crippen molar-refractivity contribution < 1.29 is 0 Å². The molecule has 0 saturated carbocycles. The van der Waals surface area contributed by atoms with Gasteiger partial charge in [-0.2, -0.15) is 5.10 Å². The molecule has 0 bridgehead atoms. The van der Waals surface area contributed by atoms with E-state index in [1.807, 2.05) is 13.1 Å². The van der Waals surface area contributed by atoms with Gasteiger partial charge in [0.1, 0.15) is 0 Å². The predicted molar refractivity (Wildman–Crippen MR) is 70.3 cm³/mol. The van der Waals surface area contributed by atoms with Crippen LogP contribution >= 0.6 is 11.6 Å². The Morgan fingerprint density at radius 3 is 2.35 bits per heavy atom. The second-order valence-corrected chi connectivity index (χ2v) is 4.43. The molecule has 2 aromatic rings. The third-order valence-corrected chi connectivity index (χ3v) is 2.76. The van der Waals surface area contributed by atoms with Gasteiger partial charge in [-0.1, -0.05) is 29.3 Å². The zero-order valence-corrected chi connectivity index (χ0v) is 10.6. The Kier molecular flexibility index (Phi) is 3.59. The standard InChI is InChI=1S/C13H14ClN3/c1-10-3-6-12(7-4-10)17(2)9-11-5-8-13(14)16-15-11/h3-8H,9H2,1-2H3. The maximum atomic E-state index is 5.70. The maximum absolute atomic E-state index is 5.70. The minimum Gasteiger partial charge on any atom is -0.369 e. The van der Waals surface area contributed by atoms with Crippen molar-refractivity contribution in [3.63, 3.8) is 0 Å². The Bertz CT molecular complexity index is 479. The van der Waals surface area contributed by atoms with Crippen molar-refractivity contribution in [2.75, 3.05) is 11.9 Å². The van der Waals surface area contributed by atoms with Crippen molar-refractivity contribution in [3.8, 4) is 0 Å². The van der Waals surface area contributed by atoms with Gasteiger partial charge in [-0.15, -0.1) is 5.10 Å². The number of hydrogen-bond acceptors (Lipinski definition) is 3. The van der Waals surface area contributed by atoms with E-state index in [0.29, 0.717) is 11.7 Å². The monoisotopic (exact) mass is 247 g/mol. The third-order valence-electron chi connectivity index (χ3n) is 2.56. The van der Waals surface area contributed by atoms with Gasteiger partial charge in [0, 0.05) is 12.7 Å². The van der Waals surface area contributed by atoms with E-state index in [4.69, 9.17) is 11.6 Å². The molecule has 3 nitrogen and oxygen atoms in total. The highest BCUT2D eigenvalue weighted by Crippen LogP contribution is 2.15. The summed E-state index contributed by atoms with van der Waals surface area (Å²) in [6, 6.07) is 12.0. The summed E-state index contributed by atoms with van der Waals surface area (Å²) in [6.45, 7) is 2.79. The zero-order valence-electron chi connectivity index (χ0n) is 9.89. The van der Waals surface area contributed by atoms with E-state index in [9.17, 15) is 0 Å². The molecule has 0 aliphatic carbocycles. The molecule has 1 aromatic carbocycles. The van der Waals surface area contributed by atoms with Crippen LogP contribution in [0.5, 0.6) is 0 Å². The zero-order chi connectivity index (χ0) is 12.3. The number of hydrogen-bond donors (Lipinski definition) is 0. The lowest BCUT2D eigenvalue weighted by atomic mass is 10.2. The Hall–Kier alpha value is -1.61. The molecule has 17 heavy (non-hydrogen) atoms. The van der Waals surface area contributed by atoms with Gasteiger partial charge in [0.2, 0.25) is 0 Å². The summed E-state index contributed by atoms with van der Waals surface area (Å²) in [4.78, 5) is 2.12. The largest absolute Gasteiger partial charge is 0.369 e. The summed E-state index contributed by atoms with van der Waals surface area (Å²) in [5, 5.41) is 8.29. The molecule has 0 spiro atoms. The van der Waals surface area contributed by atoms with E-state index in [1.165, 1.54) is 5.56 Å². The fourth-order valence-corrected chi connectivity index (χ4v) is 1.66. The normalized spacial score (nSPS) is 10.3. The fraction of sp³-hybridized carbons (Fsp3) is 0.231. The smallest absolute Gasteiger partial charge is 0.151 e. The summed E-state index contributed by atoms with van der Waals surface area (Å²) in [6.07, 6.45) is 0. The first kappa shape index (κ1) is 11.9. The van der Waals surface area contributed by atoms with E-state index in [0.717, 1.165) is 11.4 Å². The van der Waals surface area contributed by atoms with Gasteiger partial charge in [-0.05, 0) is 31.2 Å². The average molecular weight is 248 g/mol. The number of aromatic nitrogens is 2. The lowest BCUT2D eigenvalue weighted by Crippen LogP contribution is -2.17. The van der Waals surface area contributed by atoms with Crippen LogP contribution in [0.2, 0.25) is 5.15 Å². The van der Waals surface area contributed by atoms with Gasteiger partial charge in [0.15, 0.2) is 5.15 Å². The fourth-order valence-electron chi connectivity index (χ4n) is 1.56. The lowest BCUT2D eigenvalue weighted by molar-refractivity contribution is 0.841. The van der Waals surface area contributed by atoms with Gasteiger partial charge in [-0.25, -0.2) is 0 Å². The summed E-state index contributed by atoms with van der Waals surface area (Å²) in [7, 11) is 2.03. The molecule has 0 unspecified atom stereocenters. The summed E-state index contributed by atoms with van der Waals surface area (Å²) in [5.74, 6) is 0. The van der Waals surface area contributed by atoms with Crippen LogP contribution in [-0.4, -0.2) is 17.2 Å². The van der Waals surface area contributed by atoms with Gasteiger partial charge < -0.3 is 4.90 Å². The van der Waals surface area contributed by atoms with Crippen molar-refractivity contribution in [1.82, 2.24) is 10.2 Å². The number of anilines is 1. The van der Waals surface area contributed by atoms with Crippen LogP contribution < -0.4 is 4.90 Å². The van der Waals surface area contributed by atoms with Crippen LogP contribution in [0.4, 0.5) is 5.69 Å². The highest BCUT2D eigenvalue weighted by Gasteiger charge is 2.03. The van der Waals surface area contributed by atoms with Crippen molar-refractivity contribution in [1.29, 1.82) is 0 Å². The van der Waals surface area contributed by atoms with Crippen LogP contribution in [0, 0.1) is 6.92 Å². The molecule has 2 rings (SSSR count). The van der Waals surface area contributed by atoms with Gasteiger partial charge in [0.25, 0.3) is 0 Å². The highest BCUT2D eigenvalue weighted by atomic mass is 35.5. The first-order valence-electron chi connectivity index (χ1n) is 5.41. The molecule has 88 valence electrons. The first-order chi connectivity index (χ1) is 8.15. The molecule has 0 aliphatic rings. The second-order valence-electron chi connectivity index (χ2n) is 4.04. The molecule has 0 N–H and O–H groups in total. The number of rotatable bonds is 3. The molecule has 0 aliphatic heterocycles. The predicted octanol–water partition coefficient (Wildman–Crippen LogP) is 3.07. The highest BCUT2D eigenvalue weighted by molar-refractivity contribution is 6.29. The van der Waals surface area contributed by atoms with Crippen LogP contribution in [0.25, 0.3) is 0 Å². The summed E-state index contributed by atoms with van der Waals surface area (Å²) < 4.78 is 0. The van der Waals surface area contributed by atoms with Crippen LogP contribution in [0.1, 0.15) is 11.3 Å². The molecule has 4 heteroatoms. The van der Waals surface area contributed by atoms with Crippen LogP contribution in [0.3, 0.4) is 0 Å². The van der Waals surface area contributed by atoms with Gasteiger partial charge in [0.05, 0.1) is 12.2 Å². The SMILES string of the molecule is Cc1ccc(N(C)Cc2ccc(Cl)nn2)cc1. The minimum absolute atomic E-state index is 0.423.